The zero-order valence-electron chi connectivity index (χ0n) is 11.8. The summed E-state index contributed by atoms with van der Waals surface area (Å²) in [7, 11) is 0. The van der Waals surface area contributed by atoms with Crippen molar-refractivity contribution < 1.29 is 13.9 Å². The second kappa shape index (κ2) is 7.36. The number of rotatable bonds is 5. The lowest BCUT2D eigenvalue weighted by atomic mass is 10.1. The van der Waals surface area contributed by atoms with Crippen molar-refractivity contribution in [3.63, 3.8) is 0 Å². The molecule has 1 saturated heterocycles. The van der Waals surface area contributed by atoms with Crippen LogP contribution in [-0.2, 0) is 16.1 Å². The maximum atomic E-state index is 13.4. The lowest BCUT2D eigenvalue weighted by molar-refractivity contribution is -0.135. The predicted molar refractivity (Wildman–Crippen MR) is 74.9 cm³/mol. The quantitative estimate of drug-likeness (QED) is 0.831. The smallest absolute Gasteiger partial charge is 0.224 e. The minimum atomic E-state index is -0.186. The van der Waals surface area contributed by atoms with E-state index in [1.807, 2.05) is 11.0 Å². The van der Waals surface area contributed by atoms with Gasteiger partial charge in [-0.1, -0.05) is 12.1 Å². The van der Waals surface area contributed by atoms with Gasteiger partial charge >= 0.3 is 0 Å². The van der Waals surface area contributed by atoms with E-state index in [2.05, 4.69) is 5.32 Å². The Labute approximate surface area is 118 Å². The van der Waals surface area contributed by atoms with Crippen LogP contribution in [0.1, 0.15) is 17.5 Å². The summed E-state index contributed by atoms with van der Waals surface area (Å²) >= 11 is 0. The van der Waals surface area contributed by atoms with Crippen molar-refractivity contribution in [3.05, 3.63) is 35.1 Å². The molecule has 1 fully saturated rings. The van der Waals surface area contributed by atoms with E-state index in [-0.39, 0.29) is 11.7 Å². The zero-order chi connectivity index (χ0) is 14.4. The number of aryl methyl sites for hydroxylation is 1. The molecule has 1 aliphatic heterocycles. The molecule has 0 unspecified atom stereocenters. The van der Waals surface area contributed by atoms with E-state index in [1.165, 1.54) is 6.07 Å². The standard InChI is InChI=1S/C15H21FN2O2/c1-12-2-3-13(10-14(12)16)11-17-5-4-15(19)18-6-8-20-9-7-18/h2-3,10,17H,4-9,11H2,1H3. The molecule has 5 heteroatoms. The fraction of sp³-hybridized carbons (Fsp3) is 0.533. The molecule has 0 saturated carbocycles. The van der Waals surface area contributed by atoms with Crippen LogP contribution in [0.2, 0.25) is 0 Å². The van der Waals surface area contributed by atoms with Gasteiger partial charge in [-0.3, -0.25) is 4.79 Å². The van der Waals surface area contributed by atoms with Crippen LogP contribution in [-0.4, -0.2) is 43.7 Å². The van der Waals surface area contributed by atoms with Crippen molar-refractivity contribution in [2.75, 3.05) is 32.8 Å². The summed E-state index contributed by atoms with van der Waals surface area (Å²) in [4.78, 5) is 13.7. The Morgan fingerprint density at radius 1 is 1.40 bits per heavy atom. The van der Waals surface area contributed by atoms with Crippen LogP contribution in [0.15, 0.2) is 18.2 Å². The fourth-order valence-electron chi connectivity index (χ4n) is 2.15. The monoisotopic (exact) mass is 280 g/mol. The highest BCUT2D eigenvalue weighted by Gasteiger charge is 2.15. The van der Waals surface area contributed by atoms with Crippen LogP contribution in [0, 0.1) is 12.7 Å². The van der Waals surface area contributed by atoms with Crippen molar-refractivity contribution >= 4 is 5.91 Å². The van der Waals surface area contributed by atoms with E-state index in [4.69, 9.17) is 4.74 Å². The topological polar surface area (TPSA) is 41.6 Å². The molecule has 1 heterocycles. The van der Waals surface area contributed by atoms with Crippen molar-refractivity contribution in [1.82, 2.24) is 10.2 Å². The number of hydrogen-bond donors (Lipinski definition) is 1. The van der Waals surface area contributed by atoms with Gasteiger partial charge in [-0.05, 0) is 24.1 Å². The average molecular weight is 280 g/mol. The molecule has 0 aliphatic carbocycles. The minimum absolute atomic E-state index is 0.149. The van der Waals surface area contributed by atoms with E-state index in [0.29, 0.717) is 51.4 Å². The molecule has 0 aromatic heterocycles. The maximum Gasteiger partial charge on any atom is 0.224 e. The van der Waals surface area contributed by atoms with Crippen molar-refractivity contribution in [1.29, 1.82) is 0 Å². The van der Waals surface area contributed by atoms with E-state index in [9.17, 15) is 9.18 Å². The zero-order valence-corrected chi connectivity index (χ0v) is 11.8. The first-order chi connectivity index (χ1) is 9.66. The molecule has 1 amide bonds. The predicted octanol–water partition coefficient (Wildman–Crippen LogP) is 1.47. The number of nitrogens with one attached hydrogen (secondary N) is 1. The van der Waals surface area contributed by atoms with Gasteiger partial charge in [0.05, 0.1) is 13.2 Å². The van der Waals surface area contributed by atoms with Crippen LogP contribution in [0.25, 0.3) is 0 Å². The summed E-state index contributed by atoms with van der Waals surface area (Å²) in [5.41, 5.74) is 1.54. The molecule has 0 radical (unpaired) electrons. The second-order valence-corrected chi connectivity index (χ2v) is 5.00. The molecule has 1 N–H and O–H groups in total. The van der Waals surface area contributed by atoms with Crippen LogP contribution in [0.4, 0.5) is 4.39 Å². The summed E-state index contributed by atoms with van der Waals surface area (Å²) < 4.78 is 18.6. The number of halogens is 1. The van der Waals surface area contributed by atoms with E-state index in [0.717, 1.165) is 5.56 Å². The van der Waals surface area contributed by atoms with Crippen molar-refractivity contribution in [2.24, 2.45) is 0 Å². The number of nitrogens with zero attached hydrogens (tertiary/aromatic N) is 1. The Hall–Kier alpha value is -1.46. The molecule has 4 nitrogen and oxygen atoms in total. The molecule has 0 spiro atoms. The lowest BCUT2D eigenvalue weighted by Crippen LogP contribution is -2.41. The first-order valence-electron chi connectivity index (χ1n) is 6.98. The number of amides is 1. The van der Waals surface area contributed by atoms with Crippen molar-refractivity contribution in [2.45, 2.75) is 19.9 Å². The van der Waals surface area contributed by atoms with Gasteiger partial charge in [0, 0.05) is 32.6 Å². The maximum absolute atomic E-state index is 13.4. The van der Waals surface area contributed by atoms with Gasteiger partial charge in [0.25, 0.3) is 0 Å². The molecule has 20 heavy (non-hydrogen) atoms. The molecule has 1 aromatic rings. The summed E-state index contributed by atoms with van der Waals surface area (Å²) in [6, 6.07) is 5.20. The summed E-state index contributed by atoms with van der Waals surface area (Å²) in [6.45, 7) is 5.54. The van der Waals surface area contributed by atoms with Gasteiger partial charge in [0.15, 0.2) is 0 Å². The Kier molecular flexibility index (Phi) is 5.49. The highest BCUT2D eigenvalue weighted by Crippen LogP contribution is 2.08. The van der Waals surface area contributed by atoms with Gasteiger partial charge < -0.3 is 15.0 Å². The molecule has 1 aliphatic rings. The first-order valence-corrected chi connectivity index (χ1v) is 6.98. The Morgan fingerprint density at radius 2 is 2.15 bits per heavy atom. The molecule has 2 rings (SSSR count). The lowest BCUT2D eigenvalue weighted by Gasteiger charge is -2.26. The Bertz CT molecular complexity index is 459. The summed E-state index contributed by atoms with van der Waals surface area (Å²) in [5, 5.41) is 3.17. The van der Waals surface area contributed by atoms with Crippen LogP contribution >= 0.6 is 0 Å². The number of benzene rings is 1. The molecule has 0 bridgehead atoms. The van der Waals surface area contributed by atoms with Gasteiger partial charge in [-0.15, -0.1) is 0 Å². The minimum Gasteiger partial charge on any atom is -0.378 e. The molecular formula is C15H21FN2O2. The van der Waals surface area contributed by atoms with Crippen molar-refractivity contribution in [3.8, 4) is 0 Å². The average Bonchev–Trinajstić information content (AvgIpc) is 2.48. The highest BCUT2D eigenvalue weighted by molar-refractivity contribution is 5.76. The molecular weight excluding hydrogens is 259 g/mol. The molecule has 1 aromatic carbocycles. The number of carbonyl (C=O) groups is 1. The third kappa shape index (κ3) is 4.28. The molecule has 0 atom stereocenters. The second-order valence-electron chi connectivity index (χ2n) is 5.00. The number of hydrogen-bond acceptors (Lipinski definition) is 3. The number of ether oxygens (including phenoxy) is 1. The molecule has 110 valence electrons. The van der Waals surface area contributed by atoms with E-state index in [1.54, 1.807) is 13.0 Å². The van der Waals surface area contributed by atoms with E-state index < -0.39 is 0 Å². The third-order valence-corrected chi connectivity index (χ3v) is 3.44. The SMILES string of the molecule is Cc1ccc(CNCCC(=O)N2CCOCC2)cc1F. The third-order valence-electron chi connectivity index (χ3n) is 3.44. The van der Waals surface area contributed by atoms with Crippen LogP contribution in [0.3, 0.4) is 0 Å². The number of carbonyl (C=O) groups excluding carboxylic acids is 1. The Balaban J connectivity index is 1.68. The fourth-order valence-corrected chi connectivity index (χ4v) is 2.15. The summed E-state index contributed by atoms with van der Waals surface area (Å²) in [6.07, 6.45) is 0.467. The summed E-state index contributed by atoms with van der Waals surface area (Å²) in [5.74, 6) is -0.0374. The normalized spacial score (nSPS) is 15.4. The van der Waals surface area contributed by atoms with Gasteiger partial charge in [-0.2, -0.15) is 0 Å². The van der Waals surface area contributed by atoms with Gasteiger partial charge in [0.1, 0.15) is 5.82 Å². The number of morpholine rings is 1. The van der Waals surface area contributed by atoms with Crippen LogP contribution < -0.4 is 5.32 Å². The Morgan fingerprint density at radius 3 is 2.85 bits per heavy atom. The van der Waals surface area contributed by atoms with Gasteiger partial charge in [0.2, 0.25) is 5.91 Å². The first kappa shape index (κ1) is 14.9. The largest absolute Gasteiger partial charge is 0.378 e. The van der Waals surface area contributed by atoms with Crippen LogP contribution in [0.5, 0.6) is 0 Å². The van der Waals surface area contributed by atoms with E-state index >= 15 is 0 Å². The van der Waals surface area contributed by atoms with Gasteiger partial charge in [-0.25, -0.2) is 4.39 Å². The highest BCUT2D eigenvalue weighted by atomic mass is 19.1.